The van der Waals surface area contributed by atoms with E-state index in [0.29, 0.717) is 18.7 Å². The molecule has 1 heterocycles. The molecule has 0 aromatic rings. The number of rotatable bonds is 6. The standard InChI is InChI=1S/C10H17NO4S/c1-16-3-2-8(10(14)15)11-5-7(6-12)4-9(11)13/h7-8,12H,2-6H2,1H3,(H,14,15). The van der Waals surface area contributed by atoms with Gasteiger partial charge in [-0.15, -0.1) is 0 Å². The van der Waals surface area contributed by atoms with Crippen LogP contribution in [0.25, 0.3) is 0 Å². The van der Waals surface area contributed by atoms with E-state index in [4.69, 9.17) is 10.2 Å². The number of hydrogen-bond acceptors (Lipinski definition) is 4. The number of carboxylic acid groups (broad SMARTS) is 1. The molecule has 0 aromatic heterocycles. The summed E-state index contributed by atoms with van der Waals surface area (Å²) in [5.74, 6) is -0.512. The lowest BCUT2D eigenvalue weighted by Gasteiger charge is -2.24. The maximum Gasteiger partial charge on any atom is 0.326 e. The highest BCUT2D eigenvalue weighted by Crippen LogP contribution is 2.22. The summed E-state index contributed by atoms with van der Waals surface area (Å²) < 4.78 is 0. The molecule has 5 nitrogen and oxygen atoms in total. The van der Waals surface area contributed by atoms with Gasteiger partial charge < -0.3 is 15.1 Å². The van der Waals surface area contributed by atoms with E-state index in [1.807, 2.05) is 6.26 Å². The van der Waals surface area contributed by atoms with Crippen molar-refractivity contribution in [2.75, 3.05) is 25.2 Å². The smallest absolute Gasteiger partial charge is 0.326 e. The van der Waals surface area contributed by atoms with Crippen molar-refractivity contribution in [1.82, 2.24) is 4.90 Å². The van der Waals surface area contributed by atoms with Crippen molar-refractivity contribution in [2.24, 2.45) is 5.92 Å². The van der Waals surface area contributed by atoms with Gasteiger partial charge in [-0.2, -0.15) is 11.8 Å². The van der Waals surface area contributed by atoms with Crippen LogP contribution < -0.4 is 0 Å². The molecule has 0 aromatic carbocycles. The van der Waals surface area contributed by atoms with Crippen molar-refractivity contribution in [3.63, 3.8) is 0 Å². The predicted octanol–water partition coefficient (Wildman–Crippen LogP) is 0.0335. The van der Waals surface area contributed by atoms with E-state index in [0.717, 1.165) is 0 Å². The Hall–Kier alpha value is -0.750. The summed E-state index contributed by atoms with van der Waals surface area (Å²) in [6, 6.07) is -0.739. The summed E-state index contributed by atoms with van der Waals surface area (Å²) in [6.07, 6.45) is 2.63. The normalized spacial score (nSPS) is 22.5. The van der Waals surface area contributed by atoms with E-state index in [1.54, 1.807) is 11.8 Å². The molecule has 92 valence electrons. The average molecular weight is 247 g/mol. The minimum absolute atomic E-state index is 0.0584. The van der Waals surface area contributed by atoms with E-state index < -0.39 is 12.0 Å². The Labute approximate surface area is 98.8 Å². The van der Waals surface area contributed by atoms with E-state index in [2.05, 4.69) is 0 Å². The number of likely N-dealkylation sites (tertiary alicyclic amines) is 1. The molecular formula is C10H17NO4S. The van der Waals surface area contributed by atoms with Gasteiger partial charge in [0.15, 0.2) is 0 Å². The van der Waals surface area contributed by atoms with E-state index in [-0.39, 0.29) is 24.9 Å². The van der Waals surface area contributed by atoms with Crippen LogP contribution in [0.2, 0.25) is 0 Å². The second-order valence-corrected chi connectivity index (χ2v) is 4.92. The zero-order valence-electron chi connectivity index (χ0n) is 9.26. The summed E-state index contributed by atoms with van der Waals surface area (Å²) in [7, 11) is 0. The average Bonchev–Trinajstić information content (AvgIpc) is 2.60. The van der Waals surface area contributed by atoms with E-state index in [1.165, 1.54) is 4.90 Å². The number of nitrogens with zero attached hydrogens (tertiary/aromatic N) is 1. The summed E-state index contributed by atoms with van der Waals surface area (Å²) in [6.45, 7) is 0.303. The monoisotopic (exact) mass is 247 g/mol. The number of carboxylic acids is 1. The number of hydrogen-bond donors (Lipinski definition) is 2. The maximum absolute atomic E-state index is 11.6. The molecule has 1 rings (SSSR count). The van der Waals surface area contributed by atoms with Crippen molar-refractivity contribution < 1.29 is 19.8 Å². The fraction of sp³-hybridized carbons (Fsp3) is 0.800. The van der Waals surface area contributed by atoms with Gasteiger partial charge in [0.2, 0.25) is 5.91 Å². The highest BCUT2D eigenvalue weighted by atomic mass is 32.2. The van der Waals surface area contributed by atoms with Crippen LogP contribution in [0, 0.1) is 5.92 Å². The van der Waals surface area contributed by atoms with Gasteiger partial charge in [0.25, 0.3) is 0 Å². The van der Waals surface area contributed by atoms with Crippen molar-refractivity contribution >= 4 is 23.6 Å². The molecule has 1 aliphatic heterocycles. The van der Waals surface area contributed by atoms with Crippen molar-refractivity contribution in [3.8, 4) is 0 Å². The first-order chi connectivity index (χ1) is 7.60. The third kappa shape index (κ3) is 3.12. The zero-order chi connectivity index (χ0) is 12.1. The number of carbonyl (C=O) groups is 2. The molecular weight excluding hydrogens is 230 g/mol. The number of aliphatic hydroxyl groups is 1. The molecule has 1 aliphatic rings. The summed E-state index contributed by atoms with van der Waals surface area (Å²) in [5, 5.41) is 18.0. The topological polar surface area (TPSA) is 77.8 Å². The quantitative estimate of drug-likeness (QED) is 0.692. The Bertz CT molecular complexity index is 272. The number of aliphatic carboxylic acids is 1. The van der Waals surface area contributed by atoms with Gasteiger partial charge in [0, 0.05) is 25.5 Å². The van der Waals surface area contributed by atoms with Gasteiger partial charge in [0.05, 0.1) is 0 Å². The Morgan fingerprint density at radius 1 is 1.69 bits per heavy atom. The summed E-state index contributed by atoms with van der Waals surface area (Å²) in [5.41, 5.74) is 0. The fourth-order valence-electron chi connectivity index (χ4n) is 1.87. The van der Waals surface area contributed by atoms with Crippen LogP contribution in [0.3, 0.4) is 0 Å². The van der Waals surface area contributed by atoms with Crippen LogP contribution in [0.4, 0.5) is 0 Å². The number of carbonyl (C=O) groups excluding carboxylic acids is 1. The summed E-state index contributed by atoms with van der Waals surface area (Å²) >= 11 is 1.56. The molecule has 1 fully saturated rings. The molecule has 2 N–H and O–H groups in total. The number of thioether (sulfide) groups is 1. The Balaban J connectivity index is 2.64. The first-order valence-electron chi connectivity index (χ1n) is 5.22. The van der Waals surface area contributed by atoms with Crippen LogP contribution in [0.1, 0.15) is 12.8 Å². The minimum atomic E-state index is -0.957. The maximum atomic E-state index is 11.6. The van der Waals surface area contributed by atoms with E-state index in [9.17, 15) is 9.59 Å². The molecule has 0 radical (unpaired) electrons. The molecule has 2 unspecified atom stereocenters. The van der Waals surface area contributed by atoms with Crippen LogP contribution >= 0.6 is 11.8 Å². The second-order valence-electron chi connectivity index (χ2n) is 3.93. The van der Waals surface area contributed by atoms with Crippen molar-refractivity contribution in [2.45, 2.75) is 18.9 Å². The highest BCUT2D eigenvalue weighted by molar-refractivity contribution is 7.98. The van der Waals surface area contributed by atoms with Gasteiger partial charge in [-0.05, 0) is 18.4 Å². The lowest BCUT2D eigenvalue weighted by atomic mass is 10.1. The molecule has 2 atom stereocenters. The van der Waals surface area contributed by atoms with Gasteiger partial charge >= 0.3 is 5.97 Å². The van der Waals surface area contributed by atoms with Gasteiger partial charge in [-0.3, -0.25) is 4.79 Å². The fourth-order valence-corrected chi connectivity index (χ4v) is 2.33. The van der Waals surface area contributed by atoms with E-state index >= 15 is 0 Å². The van der Waals surface area contributed by atoms with Gasteiger partial charge in [0.1, 0.15) is 6.04 Å². The van der Waals surface area contributed by atoms with Crippen molar-refractivity contribution in [3.05, 3.63) is 0 Å². The van der Waals surface area contributed by atoms with Gasteiger partial charge in [-0.1, -0.05) is 0 Å². The van der Waals surface area contributed by atoms with Crippen LogP contribution in [-0.2, 0) is 9.59 Å². The van der Waals surface area contributed by atoms with Crippen LogP contribution in [0.15, 0.2) is 0 Å². The largest absolute Gasteiger partial charge is 0.480 e. The second kappa shape index (κ2) is 6.10. The first-order valence-corrected chi connectivity index (χ1v) is 6.61. The number of aliphatic hydroxyl groups excluding tert-OH is 1. The molecule has 16 heavy (non-hydrogen) atoms. The Morgan fingerprint density at radius 2 is 2.38 bits per heavy atom. The molecule has 0 bridgehead atoms. The lowest BCUT2D eigenvalue weighted by molar-refractivity contribution is -0.148. The highest BCUT2D eigenvalue weighted by Gasteiger charge is 2.36. The number of amides is 1. The third-order valence-corrected chi connectivity index (χ3v) is 3.40. The molecule has 6 heteroatoms. The Morgan fingerprint density at radius 3 is 2.81 bits per heavy atom. The molecule has 1 amide bonds. The molecule has 1 saturated heterocycles. The molecule has 0 spiro atoms. The zero-order valence-corrected chi connectivity index (χ0v) is 10.1. The first kappa shape index (κ1) is 13.3. The van der Waals surface area contributed by atoms with Crippen LogP contribution in [0.5, 0.6) is 0 Å². The Kier molecular flexibility index (Phi) is 5.08. The van der Waals surface area contributed by atoms with Crippen molar-refractivity contribution in [1.29, 1.82) is 0 Å². The van der Waals surface area contributed by atoms with Crippen LogP contribution in [-0.4, -0.2) is 58.2 Å². The summed E-state index contributed by atoms with van der Waals surface area (Å²) in [4.78, 5) is 24.1. The SMILES string of the molecule is CSCCC(C(=O)O)N1CC(CO)CC1=O. The third-order valence-electron chi connectivity index (χ3n) is 2.75. The molecule has 0 saturated carbocycles. The molecule has 0 aliphatic carbocycles. The minimum Gasteiger partial charge on any atom is -0.480 e. The predicted molar refractivity (Wildman–Crippen MR) is 61.3 cm³/mol. The lowest BCUT2D eigenvalue weighted by Crippen LogP contribution is -2.42. The van der Waals surface area contributed by atoms with Gasteiger partial charge in [-0.25, -0.2) is 4.79 Å².